The van der Waals surface area contributed by atoms with Crippen LogP contribution >= 0.6 is 0 Å². The third-order valence-corrected chi connectivity index (χ3v) is 3.05. The molecular formula is C15H17FN2O. The number of nitrogens with one attached hydrogen (secondary N) is 1. The van der Waals surface area contributed by atoms with Gasteiger partial charge in [-0.1, -0.05) is 0 Å². The highest BCUT2D eigenvalue weighted by atomic mass is 19.1. The van der Waals surface area contributed by atoms with Gasteiger partial charge in [0.15, 0.2) is 0 Å². The van der Waals surface area contributed by atoms with Crippen molar-refractivity contribution in [2.24, 2.45) is 0 Å². The van der Waals surface area contributed by atoms with E-state index in [2.05, 4.69) is 5.32 Å². The summed E-state index contributed by atoms with van der Waals surface area (Å²) in [7, 11) is 5.33. The van der Waals surface area contributed by atoms with E-state index in [9.17, 15) is 4.39 Å². The van der Waals surface area contributed by atoms with E-state index in [4.69, 9.17) is 4.74 Å². The predicted molar refractivity (Wildman–Crippen MR) is 77.0 cm³/mol. The summed E-state index contributed by atoms with van der Waals surface area (Å²) >= 11 is 0. The summed E-state index contributed by atoms with van der Waals surface area (Å²) in [5, 5.41) is 3.06. The molecule has 0 atom stereocenters. The fraction of sp³-hybridized carbons (Fsp3) is 0.200. The number of halogens is 1. The van der Waals surface area contributed by atoms with Gasteiger partial charge in [0.05, 0.1) is 12.8 Å². The minimum atomic E-state index is -0.283. The van der Waals surface area contributed by atoms with Crippen molar-refractivity contribution < 1.29 is 9.13 Å². The zero-order chi connectivity index (χ0) is 13.8. The lowest BCUT2D eigenvalue weighted by atomic mass is 10.2. The Kier molecular flexibility index (Phi) is 3.90. The van der Waals surface area contributed by atoms with Crippen LogP contribution in [0.3, 0.4) is 0 Å². The van der Waals surface area contributed by atoms with Crippen molar-refractivity contribution in [2.75, 3.05) is 31.4 Å². The summed E-state index contributed by atoms with van der Waals surface area (Å²) in [5.41, 5.74) is 2.69. The van der Waals surface area contributed by atoms with Crippen molar-refractivity contribution in [3.8, 4) is 5.75 Å². The Morgan fingerprint density at radius 2 is 1.79 bits per heavy atom. The molecule has 0 spiro atoms. The molecule has 0 saturated carbocycles. The van der Waals surface area contributed by atoms with Crippen LogP contribution in [0.25, 0.3) is 0 Å². The average Bonchev–Trinajstić information content (AvgIpc) is 2.46. The molecule has 0 radical (unpaired) electrons. The van der Waals surface area contributed by atoms with Gasteiger partial charge >= 0.3 is 0 Å². The smallest absolute Gasteiger partial charge is 0.142 e. The van der Waals surface area contributed by atoms with Crippen LogP contribution in [0.2, 0.25) is 0 Å². The van der Waals surface area contributed by atoms with Crippen molar-refractivity contribution in [3.05, 3.63) is 48.3 Å². The molecule has 0 bridgehead atoms. The molecule has 0 aliphatic rings. The van der Waals surface area contributed by atoms with Crippen LogP contribution in [0.1, 0.15) is 0 Å². The Bertz CT molecular complexity index is 555. The van der Waals surface area contributed by atoms with Crippen molar-refractivity contribution in [3.63, 3.8) is 0 Å². The molecule has 0 saturated heterocycles. The van der Waals surface area contributed by atoms with E-state index in [0.29, 0.717) is 11.4 Å². The van der Waals surface area contributed by atoms with E-state index in [1.165, 1.54) is 12.1 Å². The van der Waals surface area contributed by atoms with Crippen LogP contribution in [0.15, 0.2) is 42.5 Å². The minimum absolute atomic E-state index is 0.283. The van der Waals surface area contributed by atoms with Crippen molar-refractivity contribution in [1.29, 1.82) is 0 Å². The van der Waals surface area contributed by atoms with Gasteiger partial charge in [-0.2, -0.15) is 0 Å². The average molecular weight is 260 g/mol. The fourth-order valence-electron chi connectivity index (χ4n) is 1.92. The minimum Gasteiger partial charge on any atom is -0.495 e. The first-order chi connectivity index (χ1) is 9.15. The summed E-state index contributed by atoms with van der Waals surface area (Å²) in [6, 6.07) is 12.4. The molecule has 0 amide bonds. The summed E-state index contributed by atoms with van der Waals surface area (Å²) in [5.74, 6) is 0.357. The van der Waals surface area contributed by atoms with Gasteiger partial charge in [0.25, 0.3) is 0 Å². The predicted octanol–water partition coefficient (Wildman–Crippen LogP) is 3.64. The van der Waals surface area contributed by atoms with Crippen LogP contribution in [0.5, 0.6) is 5.75 Å². The molecule has 0 aliphatic carbocycles. The number of anilines is 3. The van der Waals surface area contributed by atoms with Crippen LogP contribution in [-0.4, -0.2) is 21.2 Å². The molecule has 19 heavy (non-hydrogen) atoms. The highest BCUT2D eigenvalue weighted by molar-refractivity contribution is 5.69. The van der Waals surface area contributed by atoms with Crippen molar-refractivity contribution in [1.82, 2.24) is 0 Å². The molecule has 0 fully saturated rings. The molecule has 2 rings (SSSR count). The van der Waals surface area contributed by atoms with E-state index < -0.39 is 0 Å². The van der Waals surface area contributed by atoms with E-state index in [1.54, 1.807) is 13.2 Å². The first-order valence-corrected chi connectivity index (χ1v) is 6.01. The summed E-state index contributed by atoms with van der Waals surface area (Å²) in [4.78, 5) is 1.89. The SMILES string of the molecule is CNc1ccc(N(C)c2cc(F)ccc2OC)cc1. The van der Waals surface area contributed by atoms with E-state index in [0.717, 1.165) is 11.4 Å². The molecule has 2 aromatic rings. The zero-order valence-electron chi connectivity index (χ0n) is 11.3. The van der Waals surface area contributed by atoms with E-state index in [-0.39, 0.29) is 5.82 Å². The van der Waals surface area contributed by atoms with Crippen molar-refractivity contribution >= 4 is 17.1 Å². The van der Waals surface area contributed by atoms with Crippen LogP contribution < -0.4 is 15.0 Å². The fourth-order valence-corrected chi connectivity index (χ4v) is 1.92. The maximum absolute atomic E-state index is 13.4. The Morgan fingerprint density at radius 3 is 2.37 bits per heavy atom. The molecule has 100 valence electrons. The van der Waals surface area contributed by atoms with E-state index in [1.807, 2.05) is 43.3 Å². The third kappa shape index (κ3) is 2.78. The second-order valence-electron chi connectivity index (χ2n) is 4.17. The van der Waals surface area contributed by atoms with Gasteiger partial charge in [-0.15, -0.1) is 0 Å². The molecule has 0 aliphatic heterocycles. The molecule has 0 unspecified atom stereocenters. The Labute approximate surface area is 112 Å². The quantitative estimate of drug-likeness (QED) is 0.908. The lowest BCUT2D eigenvalue weighted by molar-refractivity contribution is 0.414. The standard InChI is InChI=1S/C15H17FN2O/c1-17-12-5-7-13(8-6-12)18(2)14-10-11(16)4-9-15(14)19-3/h4-10,17H,1-3H3. The Morgan fingerprint density at radius 1 is 1.11 bits per heavy atom. The molecule has 0 heterocycles. The Balaban J connectivity index is 2.36. The monoisotopic (exact) mass is 260 g/mol. The number of benzene rings is 2. The van der Waals surface area contributed by atoms with Crippen LogP contribution in [0, 0.1) is 5.82 Å². The molecule has 4 heteroatoms. The number of hydrogen-bond acceptors (Lipinski definition) is 3. The normalized spacial score (nSPS) is 10.1. The lowest BCUT2D eigenvalue weighted by Crippen LogP contribution is -2.11. The summed E-state index contributed by atoms with van der Waals surface area (Å²) in [6.07, 6.45) is 0. The highest BCUT2D eigenvalue weighted by Gasteiger charge is 2.11. The second kappa shape index (κ2) is 5.61. The van der Waals surface area contributed by atoms with Gasteiger partial charge in [0.1, 0.15) is 11.6 Å². The maximum atomic E-state index is 13.4. The summed E-state index contributed by atoms with van der Waals surface area (Å²) in [6.45, 7) is 0. The number of rotatable bonds is 4. The molecule has 2 aromatic carbocycles. The number of ether oxygens (including phenoxy) is 1. The summed E-state index contributed by atoms with van der Waals surface area (Å²) < 4.78 is 18.7. The zero-order valence-corrected chi connectivity index (χ0v) is 11.3. The first-order valence-electron chi connectivity index (χ1n) is 6.01. The third-order valence-electron chi connectivity index (χ3n) is 3.05. The van der Waals surface area contributed by atoms with Crippen LogP contribution in [0.4, 0.5) is 21.5 Å². The first kappa shape index (κ1) is 13.2. The molecule has 1 N–H and O–H groups in total. The molecule has 0 aromatic heterocycles. The van der Waals surface area contributed by atoms with Gasteiger partial charge < -0.3 is 15.0 Å². The number of hydrogen-bond donors (Lipinski definition) is 1. The highest BCUT2D eigenvalue weighted by Crippen LogP contribution is 2.33. The van der Waals surface area contributed by atoms with Gasteiger partial charge in [0, 0.05) is 31.5 Å². The van der Waals surface area contributed by atoms with Gasteiger partial charge in [-0.3, -0.25) is 0 Å². The van der Waals surface area contributed by atoms with Gasteiger partial charge in [0.2, 0.25) is 0 Å². The number of methoxy groups -OCH3 is 1. The van der Waals surface area contributed by atoms with Gasteiger partial charge in [-0.05, 0) is 36.4 Å². The largest absolute Gasteiger partial charge is 0.495 e. The maximum Gasteiger partial charge on any atom is 0.142 e. The topological polar surface area (TPSA) is 24.5 Å². The Hall–Kier alpha value is -2.23. The van der Waals surface area contributed by atoms with Crippen LogP contribution in [-0.2, 0) is 0 Å². The lowest BCUT2D eigenvalue weighted by Gasteiger charge is -2.22. The molecule has 3 nitrogen and oxygen atoms in total. The van der Waals surface area contributed by atoms with Gasteiger partial charge in [-0.25, -0.2) is 4.39 Å². The van der Waals surface area contributed by atoms with Crippen molar-refractivity contribution in [2.45, 2.75) is 0 Å². The van der Waals surface area contributed by atoms with E-state index >= 15 is 0 Å². The number of nitrogens with zero attached hydrogens (tertiary/aromatic N) is 1. The second-order valence-corrected chi connectivity index (χ2v) is 4.17. The molecular weight excluding hydrogens is 243 g/mol.